The van der Waals surface area contributed by atoms with Crippen LogP contribution in [0.5, 0.6) is 0 Å². The van der Waals surface area contributed by atoms with E-state index in [9.17, 15) is 39.3 Å². The zero-order chi connectivity index (χ0) is 30.1. The standard InChI is InChI=1S/C26H43N3O10/c1-8-11-27-22(35)28(14-17(30)13-25(4,5)9-2)24(37)29(23(27)36)15-18(31)16-38-20(33)12-19(32)21(34)39-26(6,7)10-3/h8,17-19,30-32H,1,9-16H2,2-7H3. The molecule has 0 spiro atoms. The van der Waals surface area contributed by atoms with Gasteiger partial charge in [0.1, 0.15) is 18.3 Å². The molecule has 0 aliphatic heterocycles. The van der Waals surface area contributed by atoms with Gasteiger partial charge in [-0.25, -0.2) is 32.9 Å². The highest BCUT2D eigenvalue weighted by molar-refractivity contribution is 5.81. The molecule has 0 aromatic carbocycles. The van der Waals surface area contributed by atoms with Crippen molar-refractivity contribution >= 4 is 11.9 Å². The van der Waals surface area contributed by atoms with Gasteiger partial charge in [-0.1, -0.05) is 40.2 Å². The van der Waals surface area contributed by atoms with Gasteiger partial charge in [0.15, 0.2) is 6.10 Å². The van der Waals surface area contributed by atoms with Crippen LogP contribution >= 0.6 is 0 Å². The second-order valence-corrected chi connectivity index (χ2v) is 10.9. The number of esters is 2. The molecule has 0 radical (unpaired) electrons. The minimum atomic E-state index is -1.78. The summed E-state index contributed by atoms with van der Waals surface area (Å²) in [6.07, 6.45) is -2.29. The molecule has 3 N–H and O–H groups in total. The predicted molar refractivity (Wildman–Crippen MR) is 142 cm³/mol. The van der Waals surface area contributed by atoms with Crippen LogP contribution in [0.15, 0.2) is 27.0 Å². The Labute approximate surface area is 227 Å². The topological polar surface area (TPSA) is 179 Å². The molecule has 222 valence electrons. The van der Waals surface area contributed by atoms with Gasteiger partial charge in [0.2, 0.25) is 0 Å². The fourth-order valence-electron chi connectivity index (χ4n) is 3.50. The molecule has 1 aromatic heterocycles. The monoisotopic (exact) mass is 557 g/mol. The fourth-order valence-corrected chi connectivity index (χ4v) is 3.50. The number of rotatable bonds is 16. The molecule has 1 aromatic rings. The molecule has 0 saturated heterocycles. The first-order chi connectivity index (χ1) is 18.0. The van der Waals surface area contributed by atoms with Crippen molar-refractivity contribution in [2.24, 2.45) is 5.41 Å². The maximum absolute atomic E-state index is 13.0. The molecule has 3 atom stereocenters. The third kappa shape index (κ3) is 10.2. The van der Waals surface area contributed by atoms with Gasteiger partial charge in [0.25, 0.3) is 0 Å². The maximum Gasteiger partial charge on any atom is 0.336 e. The summed E-state index contributed by atoms with van der Waals surface area (Å²) < 4.78 is 12.1. The van der Waals surface area contributed by atoms with Gasteiger partial charge in [0.05, 0.1) is 32.2 Å². The number of aromatic nitrogens is 3. The highest BCUT2D eigenvalue weighted by Crippen LogP contribution is 2.26. The van der Waals surface area contributed by atoms with E-state index >= 15 is 0 Å². The van der Waals surface area contributed by atoms with Gasteiger partial charge in [-0.2, -0.15) is 0 Å². The zero-order valence-electron chi connectivity index (χ0n) is 23.7. The number of aliphatic hydroxyl groups is 3. The zero-order valence-corrected chi connectivity index (χ0v) is 23.7. The number of ether oxygens (including phenoxy) is 2. The molecule has 0 aliphatic rings. The van der Waals surface area contributed by atoms with Crippen LogP contribution in [0.3, 0.4) is 0 Å². The van der Waals surface area contributed by atoms with Crippen molar-refractivity contribution in [2.75, 3.05) is 6.61 Å². The van der Waals surface area contributed by atoms with Crippen LogP contribution < -0.4 is 17.1 Å². The first kappa shape index (κ1) is 34.0. The highest BCUT2D eigenvalue weighted by atomic mass is 16.6. The molecule has 0 aliphatic carbocycles. The van der Waals surface area contributed by atoms with Crippen molar-refractivity contribution in [3.05, 3.63) is 44.1 Å². The number of nitrogens with zero attached hydrogens (tertiary/aromatic N) is 3. The number of carbonyl (C=O) groups is 2. The Balaban J connectivity index is 3.03. The minimum absolute atomic E-state index is 0.220. The Morgan fingerprint density at radius 3 is 1.90 bits per heavy atom. The summed E-state index contributed by atoms with van der Waals surface area (Å²) in [4.78, 5) is 62.8. The smallest absolute Gasteiger partial charge is 0.336 e. The number of allylic oxidation sites excluding steroid dienone is 1. The average Bonchev–Trinajstić information content (AvgIpc) is 2.85. The van der Waals surface area contributed by atoms with Crippen molar-refractivity contribution in [1.29, 1.82) is 0 Å². The van der Waals surface area contributed by atoms with E-state index in [1.807, 2.05) is 20.8 Å². The molecule has 39 heavy (non-hydrogen) atoms. The van der Waals surface area contributed by atoms with Crippen LogP contribution in [0.1, 0.15) is 67.2 Å². The van der Waals surface area contributed by atoms with E-state index in [4.69, 9.17) is 9.47 Å². The van der Waals surface area contributed by atoms with Crippen molar-refractivity contribution in [3.8, 4) is 0 Å². The number of aliphatic hydroxyl groups excluding tert-OH is 3. The molecule has 0 amide bonds. The lowest BCUT2D eigenvalue weighted by Crippen LogP contribution is -2.56. The second kappa shape index (κ2) is 14.4. The van der Waals surface area contributed by atoms with Gasteiger partial charge in [-0.3, -0.25) is 4.79 Å². The van der Waals surface area contributed by atoms with E-state index < -0.39 is 72.5 Å². The Kier molecular flexibility index (Phi) is 12.5. The normalized spacial score (nSPS) is 14.4. The molecular formula is C26H43N3O10. The van der Waals surface area contributed by atoms with Gasteiger partial charge < -0.3 is 24.8 Å². The van der Waals surface area contributed by atoms with Crippen LogP contribution in [0.25, 0.3) is 0 Å². The van der Waals surface area contributed by atoms with Crippen LogP contribution in [-0.4, -0.2) is 71.5 Å². The van der Waals surface area contributed by atoms with Crippen LogP contribution in [-0.2, 0) is 38.7 Å². The SMILES string of the molecule is C=CCn1c(=O)n(CC(O)COC(=O)CC(O)C(=O)OC(C)(C)CC)c(=O)n(CC(O)CC(C)(C)CC)c1=O. The lowest BCUT2D eigenvalue weighted by Gasteiger charge is -2.26. The Morgan fingerprint density at radius 2 is 1.41 bits per heavy atom. The molecule has 1 heterocycles. The van der Waals surface area contributed by atoms with Gasteiger partial charge in [0, 0.05) is 0 Å². The van der Waals surface area contributed by atoms with Gasteiger partial charge in [-0.05, 0) is 32.1 Å². The summed E-state index contributed by atoms with van der Waals surface area (Å²) in [6, 6.07) is 0. The van der Waals surface area contributed by atoms with Gasteiger partial charge >= 0.3 is 29.0 Å². The molecular weight excluding hydrogens is 514 g/mol. The number of carbonyl (C=O) groups excluding carboxylic acids is 2. The lowest BCUT2D eigenvalue weighted by atomic mass is 9.84. The van der Waals surface area contributed by atoms with Gasteiger partial charge in [-0.15, -0.1) is 6.58 Å². The summed E-state index contributed by atoms with van der Waals surface area (Å²) in [5, 5.41) is 30.8. The number of hydrogen-bond donors (Lipinski definition) is 3. The summed E-state index contributed by atoms with van der Waals surface area (Å²) in [7, 11) is 0. The second-order valence-electron chi connectivity index (χ2n) is 10.9. The third-order valence-corrected chi connectivity index (χ3v) is 6.53. The summed E-state index contributed by atoms with van der Waals surface area (Å²) in [5.41, 5.74) is -4.06. The molecule has 1 rings (SSSR count). The Morgan fingerprint density at radius 1 is 0.897 bits per heavy atom. The van der Waals surface area contributed by atoms with Crippen molar-refractivity contribution < 1.29 is 34.4 Å². The van der Waals surface area contributed by atoms with Crippen LogP contribution in [0.2, 0.25) is 0 Å². The summed E-state index contributed by atoms with van der Waals surface area (Å²) in [5.74, 6) is -2.02. The summed E-state index contributed by atoms with van der Waals surface area (Å²) in [6.45, 7) is 12.5. The van der Waals surface area contributed by atoms with Crippen molar-refractivity contribution in [1.82, 2.24) is 13.7 Å². The quantitative estimate of drug-likeness (QED) is 0.184. The van der Waals surface area contributed by atoms with E-state index in [2.05, 4.69) is 6.58 Å². The average molecular weight is 558 g/mol. The number of hydrogen-bond acceptors (Lipinski definition) is 10. The first-order valence-electron chi connectivity index (χ1n) is 13.0. The van der Waals surface area contributed by atoms with Crippen LogP contribution in [0.4, 0.5) is 0 Å². The Hall–Kier alpha value is -3.03. The van der Waals surface area contributed by atoms with Crippen molar-refractivity contribution in [2.45, 2.75) is 111 Å². The molecule has 0 saturated carbocycles. The molecule has 13 heteroatoms. The predicted octanol–water partition coefficient (Wildman–Crippen LogP) is -0.0682. The first-order valence-corrected chi connectivity index (χ1v) is 13.0. The fraction of sp³-hybridized carbons (Fsp3) is 0.731. The molecule has 0 bridgehead atoms. The van der Waals surface area contributed by atoms with Crippen molar-refractivity contribution in [3.63, 3.8) is 0 Å². The molecule has 3 unspecified atom stereocenters. The van der Waals surface area contributed by atoms with E-state index in [1.165, 1.54) is 6.08 Å². The van der Waals surface area contributed by atoms with E-state index in [-0.39, 0.29) is 18.5 Å². The summed E-state index contributed by atoms with van der Waals surface area (Å²) >= 11 is 0. The highest BCUT2D eigenvalue weighted by Gasteiger charge is 2.28. The molecule has 0 fully saturated rings. The third-order valence-electron chi connectivity index (χ3n) is 6.53. The van der Waals surface area contributed by atoms with Crippen LogP contribution in [0, 0.1) is 5.41 Å². The largest absolute Gasteiger partial charge is 0.463 e. The Bertz CT molecular complexity index is 1180. The maximum atomic E-state index is 13.0. The van der Waals surface area contributed by atoms with E-state index in [0.29, 0.717) is 17.4 Å². The minimum Gasteiger partial charge on any atom is -0.463 e. The van der Waals surface area contributed by atoms with E-state index in [1.54, 1.807) is 20.8 Å². The molecule has 13 nitrogen and oxygen atoms in total. The van der Waals surface area contributed by atoms with E-state index in [0.717, 1.165) is 15.6 Å². The lowest BCUT2D eigenvalue weighted by molar-refractivity contribution is -0.171.